The van der Waals surface area contributed by atoms with Gasteiger partial charge in [-0.2, -0.15) is 0 Å². The smallest absolute Gasteiger partial charge is 0.194 e. The SMILES string of the molecule is CC1(C)c2ccccc2-c2ccc(N(c3ccc(-c4ccccc4)cc3)c3ccc(-c4ccc5c(c4)c4ccc6c(c4n5-c4ccccc4)Oc4ccccc4O6)cc3)cc21. The molecule has 0 bridgehead atoms. The van der Waals surface area contributed by atoms with Gasteiger partial charge in [-0.1, -0.05) is 135 Å². The van der Waals surface area contributed by atoms with Crippen molar-refractivity contribution in [3.63, 3.8) is 0 Å². The lowest BCUT2D eigenvalue weighted by molar-refractivity contribution is 0.362. The molecule has 12 rings (SSSR count). The van der Waals surface area contributed by atoms with Crippen LogP contribution in [0.25, 0.3) is 60.9 Å². The van der Waals surface area contributed by atoms with Crippen molar-refractivity contribution in [2.45, 2.75) is 19.3 Å². The number of para-hydroxylation sites is 3. The molecule has 1 aliphatic heterocycles. The minimum Gasteiger partial charge on any atom is -0.449 e. The third kappa shape index (κ3) is 5.60. The summed E-state index contributed by atoms with van der Waals surface area (Å²) in [6.07, 6.45) is 0. The molecular formula is C57H40N2O2. The Bertz CT molecular complexity index is 3310. The fourth-order valence-corrected chi connectivity index (χ4v) is 9.63. The Hall–Kier alpha value is -7.82. The molecule has 2 aliphatic rings. The van der Waals surface area contributed by atoms with E-state index in [0.717, 1.165) is 67.2 Å². The Balaban J connectivity index is 0.966. The predicted molar refractivity (Wildman–Crippen MR) is 250 cm³/mol. The monoisotopic (exact) mass is 784 g/mol. The molecular weight excluding hydrogens is 745 g/mol. The number of rotatable bonds is 6. The van der Waals surface area contributed by atoms with Gasteiger partial charge in [-0.05, 0) is 129 Å². The zero-order valence-electron chi connectivity index (χ0n) is 33.8. The van der Waals surface area contributed by atoms with Gasteiger partial charge in [-0.15, -0.1) is 0 Å². The van der Waals surface area contributed by atoms with Gasteiger partial charge in [-0.3, -0.25) is 0 Å². The number of anilines is 3. The molecule has 2 heterocycles. The van der Waals surface area contributed by atoms with Crippen LogP contribution in [0.4, 0.5) is 17.1 Å². The number of hydrogen-bond donors (Lipinski definition) is 0. The lowest BCUT2D eigenvalue weighted by Crippen LogP contribution is -2.16. The molecule has 4 heteroatoms. The molecule has 61 heavy (non-hydrogen) atoms. The fraction of sp³-hybridized carbons (Fsp3) is 0.0526. The van der Waals surface area contributed by atoms with Gasteiger partial charge in [0.05, 0.1) is 5.52 Å². The summed E-state index contributed by atoms with van der Waals surface area (Å²) in [5.41, 5.74) is 16.4. The molecule has 0 saturated carbocycles. The molecule has 1 aliphatic carbocycles. The minimum atomic E-state index is -0.111. The van der Waals surface area contributed by atoms with Crippen LogP contribution in [0.15, 0.2) is 206 Å². The van der Waals surface area contributed by atoms with Crippen LogP contribution in [-0.2, 0) is 5.41 Å². The molecule has 10 aromatic rings. The summed E-state index contributed by atoms with van der Waals surface area (Å²) in [5.74, 6) is 2.86. The largest absolute Gasteiger partial charge is 0.449 e. The molecule has 1 aromatic heterocycles. The molecule has 0 radical (unpaired) electrons. The maximum Gasteiger partial charge on any atom is 0.194 e. The van der Waals surface area contributed by atoms with Gasteiger partial charge in [0.2, 0.25) is 0 Å². The van der Waals surface area contributed by atoms with Crippen molar-refractivity contribution in [3.8, 4) is 62.1 Å². The van der Waals surface area contributed by atoms with E-state index in [1.54, 1.807) is 0 Å². The number of aromatic nitrogens is 1. The molecule has 0 fully saturated rings. The molecule has 0 N–H and O–H groups in total. The van der Waals surface area contributed by atoms with Crippen LogP contribution in [0.3, 0.4) is 0 Å². The summed E-state index contributed by atoms with van der Waals surface area (Å²) < 4.78 is 15.3. The van der Waals surface area contributed by atoms with E-state index in [1.807, 2.05) is 30.3 Å². The molecule has 0 spiro atoms. The zero-order valence-corrected chi connectivity index (χ0v) is 33.8. The highest BCUT2D eigenvalue weighted by Gasteiger charge is 2.36. The summed E-state index contributed by atoms with van der Waals surface area (Å²) in [7, 11) is 0. The first kappa shape index (κ1) is 35.2. The van der Waals surface area contributed by atoms with Gasteiger partial charge in [0.15, 0.2) is 23.0 Å². The highest BCUT2D eigenvalue weighted by molar-refractivity contribution is 6.13. The van der Waals surface area contributed by atoms with E-state index in [4.69, 9.17) is 9.47 Å². The quantitative estimate of drug-likeness (QED) is 0.168. The Morgan fingerprint density at radius 1 is 0.410 bits per heavy atom. The van der Waals surface area contributed by atoms with Crippen molar-refractivity contribution < 1.29 is 9.47 Å². The van der Waals surface area contributed by atoms with Crippen LogP contribution >= 0.6 is 0 Å². The van der Waals surface area contributed by atoms with Crippen molar-refractivity contribution in [1.82, 2.24) is 4.57 Å². The lowest BCUT2D eigenvalue weighted by atomic mass is 9.82. The van der Waals surface area contributed by atoms with Crippen LogP contribution in [0.5, 0.6) is 23.0 Å². The molecule has 0 amide bonds. The van der Waals surface area contributed by atoms with Crippen molar-refractivity contribution in [1.29, 1.82) is 0 Å². The van der Waals surface area contributed by atoms with Gasteiger partial charge in [-0.25, -0.2) is 0 Å². The highest BCUT2D eigenvalue weighted by atomic mass is 16.6. The van der Waals surface area contributed by atoms with Crippen LogP contribution in [0.2, 0.25) is 0 Å². The number of ether oxygens (including phenoxy) is 2. The zero-order chi connectivity index (χ0) is 40.7. The normalized spacial score (nSPS) is 13.1. The molecule has 4 nitrogen and oxygen atoms in total. The van der Waals surface area contributed by atoms with Gasteiger partial charge in [0.1, 0.15) is 5.52 Å². The van der Waals surface area contributed by atoms with Crippen molar-refractivity contribution in [3.05, 3.63) is 217 Å². The summed E-state index contributed by atoms with van der Waals surface area (Å²) in [4.78, 5) is 2.39. The molecule has 0 atom stereocenters. The van der Waals surface area contributed by atoms with E-state index in [-0.39, 0.29) is 5.41 Å². The Morgan fingerprint density at radius 2 is 0.984 bits per heavy atom. The Labute approximate surface area is 355 Å². The topological polar surface area (TPSA) is 26.6 Å². The first-order valence-electron chi connectivity index (χ1n) is 20.9. The van der Waals surface area contributed by atoms with Gasteiger partial charge >= 0.3 is 0 Å². The van der Waals surface area contributed by atoms with Gasteiger partial charge < -0.3 is 18.9 Å². The molecule has 9 aromatic carbocycles. The van der Waals surface area contributed by atoms with Gasteiger partial charge in [0.25, 0.3) is 0 Å². The highest BCUT2D eigenvalue weighted by Crippen LogP contribution is 2.52. The molecule has 0 unspecified atom stereocenters. The van der Waals surface area contributed by atoms with Crippen LogP contribution < -0.4 is 14.4 Å². The Kier molecular flexibility index (Phi) is 7.85. The minimum absolute atomic E-state index is 0.111. The Morgan fingerprint density at radius 3 is 1.72 bits per heavy atom. The van der Waals surface area contributed by atoms with Crippen molar-refractivity contribution >= 4 is 38.9 Å². The average molecular weight is 785 g/mol. The summed E-state index contributed by atoms with van der Waals surface area (Å²) in [5, 5.41) is 2.25. The van der Waals surface area contributed by atoms with Gasteiger partial charge in [0, 0.05) is 38.9 Å². The molecule has 0 saturated heterocycles. The van der Waals surface area contributed by atoms with E-state index in [2.05, 4.69) is 199 Å². The molecule has 290 valence electrons. The van der Waals surface area contributed by atoms with Crippen LogP contribution in [0, 0.1) is 0 Å². The van der Waals surface area contributed by atoms with E-state index in [0.29, 0.717) is 11.5 Å². The average Bonchev–Trinajstić information content (AvgIpc) is 3.77. The van der Waals surface area contributed by atoms with E-state index < -0.39 is 0 Å². The summed E-state index contributed by atoms with van der Waals surface area (Å²) in [6, 6.07) is 73.7. The summed E-state index contributed by atoms with van der Waals surface area (Å²) >= 11 is 0. The van der Waals surface area contributed by atoms with Crippen molar-refractivity contribution in [2.24, 2.45) is 0 Å². The maximum atomic E-state index is 6.64. The number of fused-ring (bicyclic) bond motifs is 9. The maximum absolute atomic E-state index is 6.64. The number of benzene rings is 9. The second-order valence-electron chi connectivity index (χ2n) is 16.5. The van der Waals surface area contributed by atoms with Crippen LogP contribution in [-0.4, -0.2) is 4.57 Å². The lowest BCUT2D eigenvalue weighted by Gasteiger charge is -2.28. The van der Waals surface area contributed by atoms with E-state index in [1.165, 1.54) is 33.4 Å². The third-order valence-electron chi connectivity index (χ3n) is 12.7. The van der Waals surface area contributed by atoms with E-state index in [9.17, 15) is 0 Å². The van der Waals surface area contributed by atoms with E-state index >= 15 is 0 Å². The number of hydrogen-bond acceptors (Lipinski definition) is 3. The van der Waals surface area contributed by atoms with Crippen molar-refractivity contribution in [2.75, 3.05) is 4.90 Å². The predicted octanol–water partition coefficient (Wildman–Crippen LogP) is 15.8. The second kappa shape index (κ2) is 13.6. The second-order valence-corrected chi connectivity index (χ2v) is 16.5. The third-order valence-corrected chi connectivity index (χ3v) is 12.7. The fourth-order valence-electron chi connectivity index (χ4n) is 9.63. The summed E-state index contributed by atoms with van der Waals surface area (Å²) in [6.45, 7) is 4.69. The first-order valence-corrected chi connectivity index (χ1v) is 20.9. The van der Waals surface area contributed by atoms with Crippen LogP contribution in [0.1, 0.15) is 25.0 Å². The first-order chi connectivity index (χ1) is 30.0. The standard InChI is InChI=1S/C57H40N2O2/c1-57(2)49-18-10-9-17-45(49)46-31-30-44(36-50(46)57)58(42-26-21-38(22-27-42)37-13-5-3-6-14-37)43-28-23-39(24-29-43)40-25-33-51-48(35-40)47-32-34-54-56(61-53-20-12-11-19-52(53)60-54)55(47)59(51)41-15-7-4-8-16-41/h3-36H,1-2H3. The number of nitrogens with zero attached hydrogens (tertiary/aromatic N) is 2.